The van der Waals surface area contributed by atoms with Gasteiger partial charge >= 0.3 is 228 Å². The molecular formula is C60H58GeN4O. The smallest absolute Gasteiger partial charge is 0.00634 e. The van der Waals surface area contributed by atoms with Crippen LogP contribution in [0.1, 0.15) is 69.4 Å². The van der Waals surface area contributed by atoms with Crippen LogP contribution in [0.3, 0.4) is 0 Å². The predicted octanol–water partition coefficient (Wildman–Crippen LogP) is 15.5. The fourth-order valence-corrected chi connectivity index (χ4v) is 14.0. The Morgan fingerprint density at radius 2 is 1.27 bits per heavy atom. The van der Waals surface area contributed by atoms with E-state index in [0.29, 0.717) is 5.82 Å². The number of imidazole rings is 1. The van der Waals surface area contributed by atoms with Crippen molar-refractivity contribution >= 4 is 77.7 Å². The van der Waals surface area contributed by atoms with Gasteiger partial charge in [0.2, 0.25) is 0 Å². The van der Waals surface area contributed by atoms with Crippen molar-refractivity contribution in [3.05, 3.63) is 155 Å². The molecule has 7 aromatic carbocycles. The number of hydrogen-bond donors (Lipinski definition) is 1. The van der Waals surface area contributed by atoms with Crippen LogP contribution in [-0.4, -0.2) is 37.3 Å². The van der Waals surface area contributed by atoms with Gasteiger partial charge in [0.05, 0.1) is 0 Å². The molecule has 0 fully saturated rings. The summed E-state index contributed by atoms with van der Waals surface area (Å²) in [6.07, 6.45) is 2.19. The first-order chi connectivity index (χ1) is 31.3. The third kappa shape index (κ3) is 6.33. The summed E-state index contributed by atoms with van der Waals surface area (Å²) in [5.74, 6) is 8.39. The molecule has 4 heterocycles. The number of aromatic nitrogens is 4. The molecular weight excluding hydrogens is 865 g/mol. The number of phenolic OH excluding ortho intramolecular Hbond substituents is 1. The number of rotatable bonds is 5. The third-order valence-electron chi connectivity index (χ3n) is 14.0. The van der Waals surface area contributed by atoms with E-state index in [1.807, 2.05) is 0 Å². The average Bonchev–Trinajstić information content (AvgIpc) is 3.81. The van der Waals surface area contributed by atoms with Crippen LogP contribution in [-0.2, 0) is 10.8 Å². The Morgan fingerprint density at radius 3 is 2.00 bits per heavy atom. The summed E-state index contributed by atoms with van der Waals surface area (Å²) in [5, 5.41) is 18.8. The molecule has 0 radical (unpaired) electrons. The quantitative estimate of drug-likeness (QED) is 0.106. The molecule has 1 N–H and O–H groups in total. The van der Waals surface area contributed by atoms with Gasteiger partial charge in [0, 0.05) is 11.1 Å². The molecule has 11 rings (SSSR count). The van der Waals surface area contributed by atoms with E-state index in [0.717, 1.165) is 72.1 Å². The maximum absolute atomic E-state index is 12.6. The molecule has 0 aliphatic heterocycles. The molecule has 6 heteroatoms. The number of fused-ring (bicyclic) bond motifs is 7. The molecule has 0 unspecified atom stereocenters. The van der Waals surface area contributed by atoms with Crippen molar-refractivity contribution in [3.8, 4) is 45.1 Å². The Kier molecular flexibility index (Phi) is 9.29. The van der Waals surface area contributed by atoms with E-state index in [1.165, 1.54) is 53.6 Å². The molecule has 5 nitrogen and oxygen atoms in total. The Bertz CT molecular complexity index is 3790. The van der Waals surface area contributed by atoms with Gasteiger partial charge in [0.25, 0.3) is 0 Å². The van der Waals surface area contributed by atoms with Crippen molar-refractivity contribution in [2.75, 3.05) is 0 Å². The zero-order valence-corrected chi connectivity index (χ0v) is 42.5. The molecule has 66 heavy (non-hydrogen) atoms. The van der Waals surface area contributed by atoms with E-state index >= 15 is 0 Å². The van der Waals surface area contributed by atoms with Crippen LogP contribution in [0.4, 0.5) is 0 Å². The second kappa shape index (κ2) is 14.5. The summed E-state index contributed by atoms with van der Waals surface area (Å²) in [5.41, 5.74) is 17.8. The summed E-state index contributed by atoms with van der Waals surface area (Å²) in [6, 6.07) is 44.5. The summed E-state index contributed by atoms with van der Waals surface area (Å²) in [6.45, 7) is 19.9. The van der Waals surface area contributed by atoms with Crippen LogP contribution < -0.4 is 4.40 Å². The van der Waals surface area contributed by atoms with Crippen molar-refractivity contribution in [1.82, 2.24) is 18.9 Å². The largest absolute Gasteiger partial charge is 0.0622 e. The van der Waals surface area contributed by atoms with Gasteiger partial charge in [-0.1, -0.05) is 89.6 Å². The van der Waals surface area contributed by atoms with Crippen LogP contribution in [0.25, 0.3) is 99.4 Å². The minimum Gasteiger partial charge on any atom is -0.0622 e. The second-order valence-corrected chi connectivity index (χ2v) is 32.5. The first-order valence-electron chi connectivity index (χ1n) is 23.4. The van der Waals surface area contributed by atoms with Gasteiger partial charge in [0.15, 0.2) is 0 Å². The first-order valence-corrected chi connectivity index (χ1v) is 30.7. The number of hydrogen-bond acceptors (Lipinski definition) is 3. The van der Waals surface area contributed by atoms with Crippen LogP contribution in [0, 0.1) is 20.8 Å². The van der Waals surface area contributed by atoms with E-state index in [4.69, 9.17) is 9.97 Å². The molecule has 0 aliphatic rings. The van der Waals surface area contributed by atoms with Gasteiger partial charge in [0.1, 0.15) is 5.75 Å². The van der Waals surface area contributed by atoms with E-state index in [-0.39, 0.29) is 16.6 Å². The average molecular weight is 924 g/mol. The van der Waals surface area contributed by atoms with Crippen molar-refractivity contribution in [2.24, 2.45) is 0 Å². The van der Waals surface area contributed by atoms with Gasteiger partial charge in [-0.05, 0) is 53.5 Å². The molecule has 4 aromatic heterocycles. The fraction of sp³-hybridized carbons (Fsp3) is 0.233. The number of aromatic hydroxyl groups is 1. The van der Waals surface area contributed by atoms with Crippen LogP contribution >= 0.6 is 0 Å². The Labute approximate surface area is 390 Å². The fourth-order valence-electron chi connectivity index (χ4n) is 10.9. The summed E-state index contributed by atoms with van der Waals surface area (Å²) in [7, 11) is 0. The zero-order valence-electron chi connectivity index (χ0n) is 40.4. The number of pyridine rings is 2. The number of nitrogens with zero attached hydrogens (tertiary/aromatic N) is 4. The number of phenols is 1. The van der Waals surface area contributed by atoms with E-state index < -0.39 is 13.3 Å². The minimum absolute atomic E-state index is 0.178. The summed E-state index contributed by atoms with van der Waals surface area (Å²) >= 11 is -2.35. The van der Waals surface area contributed by atoms with E-state index in [2.05, 4.69) is 216 Å². The van der Waals surface area contributed by atoms with Crippen molar-refractivity contribution in [3.63, 3.8) is 0 Å². The third-order valence-corrected chi connectivity index (χ3v) is 18.3. The standard InChI is InChI=1S/C60H58GeN4O/c1-34-27-35(2)54(44(28-34)37-19-14-13-15-20-37)65-50-24-18-22-40(52(50)63-58(65)46-31-39(59(4,5)6)32-47(57(46)66)60(7,8)9)38-29-36(3)55-45(30-38)53-51-43(48(33-62-53)61(10,11)12)26-25-42-41-21-16-17-23-49(41)64(55)56(42)51/h13-33,66H,1-12H3. The molecule has 0 amide bonds. The molecule has 0 atom stereocenters. The van der Waals surface area contributed by atoms with E-state index in [9.17, 15) is 5.11 Å². The molecule has 0 saturated carbocycles. The molecule has 0 spiro atoms. The number of benzene rings is 7. The van der Waals surface area contributed by atoms with Gasteiger partial charge in [-0.25, -0.2) is 0 Å². The second-order valence-electron chi connectivity index (χ2n) is 21.9. The first kappa shape index (κ1) is 42.2. The number of para-hydroxylation sites is 2. The Balaban J connectivity index is 1.28. The maximum atomic E-state index is 12.6. The molecule has 0 aliphatic carbocycles. The SMILES string of the molecule is Cc1cc(C)c(-n2c(-c3cc(C(C)(C)C)cc(C(C)(C)C)c3O)nc3c(-c4cc(C)c5c(c4)c4nc[c]([Ge]([CH3])([CH3])[CH3])c6ccc7c8ccccc8n5c7c64)cccc32)c(-c2ccccc2)c1. The summed E-state index contributed by atoms with van der Waals surface area (Å²) < 4.78 is 6.28. The molecule has 0 saturated heterocycles. The predicted molar refractivity (Wildman–Crippen MR) is 284 cm³/mol. The molecule has 11 aromatic rings. The molecule has 0 bridgehead atoms. The van der Waals surface area contributed by atoms with Crippen molar-refractivity contribution < 1.29 is 5.11 Å². The van der Waals surface area contributed by atoms with Crippen molar-refractivity contribution in [2.45, 2.75) is 90.4 Å². The Hall–Kier alpha value is -6.44. The topological polar surface area (TPSA) is 55.3 Å². The zero-order chi connectivity index (χ0) is 46.4. The monoisotopic (exact) mass is 924 g/mol. The number of aryl methyl sites for hydroxylation is 3. The minimum atomic E-state index is -2.35. The van der Waals surface area contributed by atoms with Gasteiger partial charge in [-0.2, -0.15) is 0 Å². The van der Waals surface area contributed by atoms with Crippen LogP contribution in [0.15, 0.2) is 128 Å². The maximum Gasteiger partial charge on any atom is 0.00634 e. The van der Waals surface area contributed by atoms with Gasteiger partial charge in [-0.3, -0.25) is 0 Å². The summed E-state index contributed by atoms with van der Waals surface area (Å²) in [4.78, 5) is 11.2. The van der Waals surface area contributed by atoms with Gasteiger partial charge in [-0.15, -0.1) is 0 Å². The van der Waals surface area contributed by atoms with Crippen molar-refractivity contribution in [1.29, 1.82) is 0 Å². The Morgan fingerprint density at radius 1 is 0.561 bits per heavy atom. The molecule has 328 valence electrons. The van der Waals surface area contributed by atoms with Crippen LogP contribution in [0.2, 0.25) is 17.3 Å². The van der Waals surface area contributed by atoms with E-state index in [1.54, 1.807) is 0 Å². The van der Waals surface area contributed by atoms with Gasteiger partial charge < -0.3 is 5.11 Å². The normalized spacial score (nSPS) is 12.9. The van der Waals surface area contributed by atoms with Crippen LogP contribution in [0.5, 0.6) is 5.75 Å².